The van der Waals surface area contributed by atoms with Crippen LogP contribution in [-0.2, 0) is 0 Å². The Morgan fingerprint density at radius 3 is 2.69 bits per heavy atom. The summed E-state index contributed by atoms with van der Waals surface area (Å²) in [5, 5.41) is 0. The van der Waals surface area contributed by atoms with E-state index in [0.29, 0.717) is 0 Å². The molecule has 88 valence electrons. The molecule has 0 saturated heterocycles. The van der Waals surface area contributed by atoms with E-state index >= 15 is 0 Å². The van der Waals surface area contributed by atoms with Gasteiger partial charge in [-0.15, -0.1) is 0 Å². The van der Waals surface area contributed by atoms with Crippen molar-refractivity contribution in [2.75, 3.05) is 6.61 Å². The zero-order valence-corrected chi connectivity index (χ0v) is 10.2. The van der Waals surface area contributed by atoms with Gasteiger partial charge in [0.2, 0.25) is 0 Å². The van der Waals surface area contributed by atoms with Crippen molar-refractivity contribution in [1.29, 1.82) is 0 Å². The van der Waals surface area contributed by atoms with Gasteiger partial charge in [-0.2, -0.15) is 0 Å². The molecule has 0 radical (unpaired) electrons. The second-order valence-corrected chi connectivity index (χ2v) is 4.92. The number of hydrogen-bond donors (Lipinski definition) is 1. The minimum Gasteiger partial charge on any atom is -0.493 e. The fourth-order valence-electron chi connectivity index (χ4n) is 1.98. The Hall–Kier alpha value is -1.02. The Morgan fingerprint density at radius 1 is 1.44 bits per heavy atom. The highest BCUT2D eigenvalue weighted by Gasteiger charge is 2.18. The van der Waals surface area contributed by atoms with Gasteiger partial charge in [0, 0.05) is 6.04 Å². The van der Waals surface area contributed by atoms with Gasteiger partial charge in [-0.1, -0.05) is 18.6 Å². The Balaban J connectivity index is 1.98. The summed E-state index contributed by atoms with van der Waals surface area (Å²) in [6.07, 6.45) is 4.03. The number of nitrogens with two attached hydrogens (primary N) is 1. The molecular formula is C14H21NO. The zero-order chi connectivity index (χ0) is 11.5. The Labute approximate surface area is 97.8 Å². The van der Waals surface area contributed by atoms with E-state index in [1.165, 1.54) is 30.4 Å². The van der Waals surface area contributed by atoms with Gasteiger partial charge >= 0.3 is 0 Å². The maximum atomic E-state index is 5.84. The molecule has 1 fully saturated rings. The molecule has 16 heavy (non-hydrogen) atoms. The maximum Gasteiger partial charge on any atom is 0.122 e. The van der Waals surface area contributed by atoms with Crippen molar-refractivity contribution in [3.63, 3.8) is 0 Å². The average molecular weight is 219 g/mol. The number of rotatable bonds is 4. The lowest BCUT2D eigenvalue weighted by Gasteiger charge is -2.25. The van der Waals surface area contributed by atoms with Crippen LogP contribution in [0, 0.1) is 12.8 Å². The molecule has 0 heterocycles. The normalized spacial score (nSPS) is 17.9. The van der Waals surface area contributed by atoms with E-state index in [1.807, 2.05) is 13.0 Å². The third-order valence-electron chi connectivity index (χ3n) is 3.42. The lowest BCUT2D eigenvalue weighted by Crippen LogP contribution is -2.19. The van der Waals surface area contributed by atoms with Crippen LogP contribution in [0.4, 0.5) is 0 Å². The molecule has 2 N–H and O–H groups in total. The van der Waals surface area contributed by atoms with Gasteiger partial charge in [0.05, 0.1) is 6.61 Å². The summed E-state index contributed by atoms with van der Waals surface area (Å²) in [6, 6.07) is 6.33. The molecule has 1 saturated carbocycles. The first-order chi connectivity index (χ1) is 7.66. The topological polar surface area (TPSA) is 35.2 Å². The van der Waals surface area contributed by atoms with Crippen LogP contribution in [0.5, 0.6) is 5.75 Å². The Bertz CT molecular complexity index is 356. The van der Waals surface area contributed by atoms with Gasteiger partial charge in [0.1, 0.15) is 5.75 Å². The van der Waals surface area contributed by atoms with E-state index in [1.54, 1.807) is 0 Å². The van der Waals surface area contributed by atoms with Crippen LogP contribution in [0.3, 0.4) is 0 Å². The molecule has 0 unspecified atom stereocenters. The lowest BCUT2D eigenvalue weighted by molar-refractivity contribution is 0.180. The van der Waals surface area contributed by atoms with Crippen LogP contribution in [0.2, 0.25) is 0 Å². The van der Waals surface area contributed by atoms with Crippen LogP contribution < -0.4 is 10.5 Å². The molecule has 1 aromatic carbocycles. The predicted molar refractivity (Wildman–Crippen MR) is 66.6 cm³/mol. The van der Waals surface area contributed by atoms with Gasteiger partial charge in [-0.05, 0) is 49.8 Å². The van der Waals surface area contributed by atoms with Crippen molar-refractivity contribution in [1.82, 2.24) is 0 Å². The third-order valence-corrected chi connectivity index (χ3v) is 3.42. The molecule has 1 aliphatic carbocycles. The summed E-state index contributed by atoms with van der Waals surface area (Å²) in [5.74, 6) is 1.80. The van der Waals surface area contributed by atoms with Crippen LogP contribution in [0.25, 0.3) is 0 Å². The fourth-order valence-corrected chi connectivity index (χ4v) is 1.98. The minimum absolute atomic E-state index is 0.0967. The summed E-state index contributed by atoms with van der Waals surface area (Å²) in [6.45, 7) is 4.96. The second kappa shape index (κ2) is 4.88. The lowest BCUT2D eigenvalue weighted by atomic mass is 9.86. The van der Waals surface area contributed by atoms with Crippen molar-refractivity contribution < 1.29 is 4.74 Å². The number of benzene rings is 1. The molecule has 2 heteroatoms. The molecule has 0 aliphatic heterocycles. The average Bonchev–Trinajstić information content (AvgIpc) is 2.17. The Morgan fingerprint density at radius 2 is 2.19 bits per heavy atom. The highest BCUT2D eigenvalue weighted by atomic mass is 16.5. The van der Waals surface area contributed by atoms with Gasteiger partial charge in [0.15, 0.2) is 0 Å². The highest BCUT2D eigenvalue weighted by molar-refractivity contribution is 5.37. The Kier molecular flexibility index (Phi) is 3.49. The maximum absolute atomic E-state index is 5.84. The van der Waals surface area contributed by atoms with E-state index in [9.17, 15) is 0 Å². The van der Waals surface area contributed by atoms with Crippen molar-refractivity contribution in [3.05, 3.63) is 29.3 Å². The quantitative estimate of drug-likeness (QED) is 0.844. The largest absolute Gasteiger partial charge is 0.493 e. The van der Waals surface area contributed by atoms with Crippen LogP contribution in [0.15, 0.2) is 18.2 Å². The summed E-state index contributed by atoms with van der Waals surface area (Å²) in [4.78, 5) is 0. The van der Waals surface area contributed by atoms with E-state index in [4.69, 9.17) is 10.5 Å². The van der Waals surface area contributed by atoms with E-state index in [0.717, 1.165) is 18.3 Å². The zero-order valence-electron chi connectivity index (χ0n) is 10.2. The molecule has 0 spiro atoms. The number of hydrogen-bond acceptors (Lipinski definition) is 2. The van der Waals surface area contributed by atoms with Gasteiger partial charge in [-0.3, -0.25) is 0 Å². The standard InChI is InChI=1S/C14H21NO/c1-10-8-13(11(2)15)6-7-14(10)16-9-12-4-3-5-12/h6-8,11-12H,3-5,9,15H2,1-2H3/t11-/m0/s1. The second-order valence-electron chi connectivity index (χ2n) is 4.92. The van der Waals surface area contributed by atoms with E-state index in [2.05, 4.69) is 19.1 Å². The molecule has 2 rings (SSSR count). The number of ether oxygens (including phenoxy) is 1. The molecule has 2 nitrogen and oxygen atoms in total. The van der Waals surface area contributed by atoms with E-state index in [-0.39, 0.29) is 6.04 Å². The van der Waals surface area contributed by atoms with Crippen molar-refractivity contribution in [3.8, 4) is 5.75 Å². The number of aryl methyl sites for hydroxylation is 1. The summed E-state index contributed by atoms with van der Waals surface area (Å²) in [7, 11) is 0. The molecule has 0 bridgehead atoms. The summed E-state index contributed by atoms with van der Waals surface area (Å²) >= 11 is 0. The SMILES string of the molecule is Cc1cc([C@H](C)N)ccc1OCC1CCC1. The molecule has 1 atom stereocenters. The molecular weight excluding hydrogens is 198 g/mol. The molecule has 1 aliphatic rings. The highest BCUT2D eigenvalue weighted by Crippen LogP contribution is 2.28. The smallest absolute Gasteiger partial charge is 0.122 e. The van der Waals surface area contributed by atoms with Crippen LogP contribution >= 0.6 is 0 Å². The van der Waals surface area contributed by atoms with Gasteiger partial charge in [-0.25, -0.2) is 0 Å². The predicted octanol–water partition coefficient (Wildman–Crippen LogP) is 3.19. The van der Waals surface area contributed by atoms with Crippen LogP contribution in [0.1, 0.15) is 43.4 Å². The monoisotopic (exact) mass is 219 g/mol. The summed E-state index contributed by atoms with van der Waals surface area (Å²) in [5.41, 5.74) is 8.21. The molecule has 1 aromatic rings. The van der Waals surface area contributed by atoms with Crippen molar-refractivity contribution in [2.24, 2.45) is 11.7 Å². The minimum atomic E-state index is 0.0967. The summed E-state index contributed by atoms with van der Waals surface area (Å²) < 4.78 is 5.83. The first-order valence-electron chi connectivity index (χ1n) is 6.15. The van der Waals surface area contributed by atoms with Gasteiger partial charge in [0.25, 0.3) is 0 Å². The van der Waals surface area contributed by atoms with Crippen molar-refractivity contribution in [2.45, 2.75) is 39.2 Å². The molecule has 0 aromatic heterocycles. The first-order valence-corrected chi connectivity index (χ1v) is 6.15. The van der Waals surface area contributed by atoms with Crippen LogP contribution in [-0.4, -0.2) is 6.61 Å². The fraction of sp³-hybridized carbons (Fsp3) is 0.571. The first kappa shape index (κ1) is 11.5. The van der Waals surface area contributed by atoms with E-state index < -0.39 is 0 Å². The van der Waals surface area contributed by atoms with Crippen molar-refractivity contribution >= 4 is 0 Å². The molecule has 0 amide bonds. The third kappa shape index (κ3) is 2.56. The van der Waals surface area contributed by atoms with Gasteiger partial charge < -0.3 is 10.5 Å².